The SMILES string of the molecule is Cc1ccc(S(=O)(=O)NCCNC(=O)c2ccc(F)cc2F)cc1. The van der Waals surface area contributed by atoms with Gasteiger partial charge in [0, 0.05) is 19.2 Å². The van der Waals surface area contributed by atoms with Crippen molar-refractivity contribution in [3.05, 3.63) is 65.2 Å². The van der Waals surface area contributed by atoms with Gasteiger partial charge < -0.3 is 5.32 Å². The van der Waals surface area contributed by atoms with Crippen LogP contribution in [0.1, 0.15) is 15.9 Å². The van der Waals surface area contributed by atoms with Crippen LogP contribution in [-0.4, -0.2) is 27.4 Å². The summed E-state index contributed by atoms with van der Waals surface area (Å²) in [6.07, 6.45) is 0. The molecule has 1 amide bonds. The van der Waals surface area contributed by atoms with Crippen LogP contribution in [0, 0.1) is 18.6 Å². The molecule has 128 valence electrons. The Kier molecular flexibility index (Phi) is 5.63. The van der Waals surface area contributed by atoms with Crippen LogP contribution in [0.25, 0.3) is 0 Å². The number of halogens is 2. The highest BCUT2D eigenvalue weighted by atomic mass is 32.2. The maximum atomic E-state index is 13.4. The van der Waals surface area contributed by atoms with Crippen molar-refractivity contribution in [1.82, 2.24) is 10.0 Å². The first kappa shape index (κ1) is 18.0. The first-order valence-corrected chi connectivity index (χ1v) is 8.57. The molecule has 2 N–H and O–H groups in total. The van der Waals surface area contributed by atoms with Crippen molar-refractivity contribution >= 4 is 15.9 Å². The van der Waals surface area contributed by atoms with Crippen LogP contribution in [0.2, 0.25) is 0 Å². The van der Waals surface area contributed by atoms with E-state index in [9.17, 15) is 22.0 Å². The fourth-order valence-electron chi connectivity index (χ4n) is 1.93. The maximum absolute atomic E-state index is 13.4. The van der Waals surface area contributed by atoms with Gasteiger partial charge in [0.25, 0.3) is 5.91 Å². The van der Waals surface area contributed by atoms with Crippen LogP contribution in [-0.2, 0) is 10.0 Å². The third-order valence-electron chi connectivity index (χ3n) is 3.21. The first-order chi connectivity index (χ1) is 11.3. The lowest BCUT2D eigenvalue weighted by Gasteiger charge is -2.09. The molecule has 2 aromatic rings. The van der Waals surface area contributed by atoms with Crippen molar-refractivity contribution in [2.75, 3.05) is 13.1 Å². The van der Waals surface area contributed by atoms with E-state index < -0.39 is 27.6 Å². The molecule has 0 aliphatic heterocycles. The van der Waals surface area contributed by atoms with Crippen LogP contribution >= 0.6 is 0 Å². The van der Waals surface area contributed by atoms with Gasteiger partial charge in [-0.1, -0.05) is 17.7 Å². The monoisotopic (exact) mass is 354 g/mol. The Morgan fingerprint density at radius 3 is 2.33 bits per heavy atom. The normalized spacial score (nSPS) is 11.3. The van der Waals surface area contributed by atoms with Gasteiger partial charge in [-0.05, 0) is 31.2 Å². The van der Waals surface area contributed by atoms with Gasteiger partial charge in [0.1, 0.15) is 11.6 Å². The lowest BCUT2D eigenvalue weighted by atomic mass is 10.2. The minimum Gasteiger partial charge on any atom is -0.351 e. The summed E-state index contributed by atoms with van der Waals surface area (Å²) in [4.78, 5) is 11.9. The Balaban J connectivity index is 1.88. The number of aryl methyl sites for hydroxylation is 1. The van der Waals surface area contributed by atoms with E-state index in [0.717, 1.165) is 17.7 Å². The van der Waals surface area contributed by atoms with Crippen molar-refractivity contribution in [3.8, 4) is 0 Å². The summed E-state index contributed by atoms with van der Waals surface area (Å²) in [5.74, 6) is -2.51. The Hall–Kier alpha value is -2.32. The van der Waals surface area contributed by atoms with Gasteiger partial charge in [-0.15, -0.1) is 0 Å². The van der Waals surface area contributed by atoms with Crippen LogP contribution in [0.4, 0.5) is 8.78 Å². The average molecular weight is 354 g/mol. The third-order valence-corrected chi connectivity index (χ3v) is 4.69. The number of benzene rings is 2. The number of hydrogen-bond acceptors (Lipinski definition) is 3. The minimum absolute atomic E-state index is 0.0409. The highest BCUT2D eigenvalue weighted by Gasteiger charge is 2.14. The van der Waals surface area contributed by atoms with Crippen LogP contribution in [0.5, 0.6) is 0 Å². The Bertz CT molecular complexity index is 837. The molecule has 0 heterocycles. The van der Waals surface area contributed by atoms with Gasteiger partial charge in [-0.2, -0.15) is 0 Å². The Morgan fingerprint density at radius 2 is 1.71 bits per heavy atom. The van der Waals surface area contributed by atoms with Gasteiger partial charge in [0.15, 0.2) is 0 Å². The number of sulfonamides is 1. The summed E-state index contributed by atoms with van der Waals surface area (Å²) in [6.45, 7) is 1.74. The second kappa shape index (κ2) is 7.50. The fraction of sp³-hybridized carbons (Fsp3) is 0.188. The van der Waals surface area contributed by atoms with Gasteiger partial charge in [0.05, 0.1) is 10.5 Å². The molecule has 0 aliphatic rings. The highest BCUT2D eigenvalue weighted by molar-refractivity contribution is 7.89. The summed E-state index contributed by atoms with van der Waals surface area (Å²) in [5.41, 5.74) is 0.625. The second-order valence-electron chi connectivity index (χ2n) is 5.09. The smallest absolute Gasteiger partial charge is 0.254 e. The molecule has 0 spiro atoms. The summed E-state index contributed by atoms with van der Waals surface area (Å²) in [7, 11) is -3.68. The van der Waals surface area contributed by atoms with Gasteiger partial charge in [-0.3, -0.25) is 4.79 Å². The van der Waals surface area contributed by atoms with E-state index >= 15 is 0 Å². The van der Waals surface area contributed by atoms with Gasteiger partial charge in [0.2, 0.25) is 10.0 Å². The zero-order valence-corrected chi connectivity index (χ0v) is 13.7. The maximum Gasteiger partial charge on any atom is 0.254 e. The zero-order valence-electron chi connectivity index (χ0n) is 12.8. The van der Waals surface area contributed by atoms with Gasteiger partial charge in [-0.25, -0.2) is 21.9 Å². The highest BCUT2D eigenvalue weighted by Crippen LogP contribution is 2.10. The summed E-state index contributed by atoms with van der Waals surface area (Å²) < 4.78 is 52.6. The molecule has 2 aromatic carbocycles. The molecule has 0 unspecified atom stereocenters. The number of nitrogens with one attached hydrogen (secondary N) is 2. The summed E-state index contributed by atoms with van der Waals surface area (Å²) in [5, 5.41) is 2.36. The zero-order chi connectivity index (χ0) is 17.7. The standard InChI is InChI=1S/C16H16F2N2O3S/c1-11-2-5-13(6-3-11)24(22,23)20-9-8-19-16(21)14-7-4-12(17)10-15(14)18/h2-7,10,20H,8-9H2,1H3,(H,19,21). The van der Waals surface area contributed by atoms with Crippen LogP contribution < -0.4 is 10.0 Å². The van der Waals surface area contributed by atoms with E-state index in [1.165, 1.54) is 12.1 Å². The van der Waals surface area contributed by atoms with E-state index in [0.29, 0.717) is 6.07 Å². The second-order valence-corrected chi connectivity index (χ2v) is 6.86. The molecule has 0 saturated carbocycles. The van der Waals surface area contributed by atoms with Gasteiger partial charge >= 0.3 is 0 Å². The van der Waals surface area contributed by atoms with E-state index in [1.54, 1.807) is 12.1 Å². The molecule has 0 bridgehead atoms. The van der Waals surface area contributed by atoms with E-state index in [-0.39, 0.29) is 23.5 Å². The lowest BCUT2D eigenvalue weighted by Crippen LogP contribution is -2.35. The predicted molar refractivity (Wildman–Crippen MR) is 85.1 cm³/mol. The Labute approximate surface area is 138 Å². The lowest BCUT2D eigenvalue weighted by molar-refractivity contribution is 0.0950. The molecule has 5 nitrogen and oxygen atoms in total. The largest absolute Gasteiger partial charge is 0.351 e. The van der Waals surface area contributed by atoms with Crippen LogP contribution in [0.3, 0.4) is 0 Å². The molecule has 0 aromatic heterocycles. The number of carbonyl (C=O) groups excluding carboxylic acids is 1. The molecule has 2 rings (SSSR count). The molecule has 0 atom stereocenters. The third kappa shape index (κ3) is 4.59. The number of carbonyl (C=O) groups is 1. The topological polar surface area (TPSA) is 75.3 Å². The van der Waals surface area contributed by atoms with E-state index in [1.807, 2.05) is 6.92 Å². The molecule has 8 heteroatoms. The molecular weight excluding hydrogens is 338 g/mol. The fourth-order valence-corrected chi connectivity index (χ4v) is 2.96. The summed E-state index contributed by atoms with van der Waals surface area (Å²) >= 11 is 0. The molecular formula is C16H16F2N2O3S. The number of hydrogen-bond donors (Lipinski definition) is 2. The number of amides is 1. The summed E-state index contributed by atoms with van der Waals surface area (Å²) in [6, 6.07) is 8.90. The van der Waals surface area contributed by atoms with E-state index in [4.69, 9.17) is 0 Å². The van der Waals surface area contributed by atoms with Crippen molar-refractivity contribution in [3.63, 3.8) is 0 Å². The molecule has 0 radical (unpaired) electrons. The average Bonchev–Trinajstić information content (AvgIpc) is 2.52. The quantitative estimate of drug-likeness (QED) is 0.779. The van der Waals surface area contributed by atoms with E-state index in [2.05, 4.69) is 10.0 Å². The molecule has 0 aliphatic carbocycles. The first-order valence-electron chi connectivity index (χ1n) is 7.09. The molecule has 0 fully saturated rings. The van der Waals surface area contributed by atoms with Crippen molar-refractivity contribution < 1.29 is 22.0 Å². The number of rotatable bonds is 6. The predicted octanol–water partition coefficient (Wildman–Crippen LogP) is 1.98. The minimum atomic E-state index is -3.68. The van der Waals surface area contributed by atoms with Crippen molar-refractivity contribution in [2.24, 2.45) is 0 Å². The van der Waals surface area contributed by atoms with Crippen molar-refractivity contribution in [2.45, 2.75) is 11.8 Å². The molecule has 0 saturated heterocycles. The molecule has 24 heavy (non-hydrogen) atoms. The Morgan fingerprint density at radius 1 is 1.04 bits per heavy atom. The van der Waals surface area contributed by atoms with Crippen molar-refractivity contribution in [1.29, 1.82) is 0 Å². The van der Waals surface area contributed by atoms with Crippen LogP contribution in [0.15, 0.2) is 47.4 Å².